The van der Waals surface area contributed by atoms with E-state index in [1.165, 1.54) is 77.0 Å². The molecule has 94 heavy (non-hydrogen) atoms. The molecule has 0 saturated heterocycles. The lowest BCUT2D eigenvalue weighted by Crippen LogP contribution is -2.30. The predicted octanol–water partition coefficient (Wildman–Crippen LogP) is 20.4. The molecular formula is C75H130O17P2. The number of unbranched alkanes of at least 4 members (excludes halogenated alkanes) is 26. The quantitative estimate of drug-likeness (QED) is 0.0169. The van der Waals surface area contributed by atoms with Crippen molar-refractivity contribution in [1.82, 2.24) is 0 Å². The number of ether oxygens (including phenoxy) is 4. The fraction of sp³-hybridized carbons (Fsp3) is 0.733. The van der Waals surface area contributed by atoms with Gasteiger partial charge < -0.3 is 33.8 Å². The van der Waals surface area contributed by atoms with Crippen LogP contribution in [0.1, 0.15) is 297 Å². The molecule has 0 aliphatic carbocycles. The van der Waals surface area contributed by atoms with Gasteiger partial charge in [0, 0.05) is 25.7 Å². The zero-order valence-corrected chi connectivity index (χ0v) is 60.7. The van der Waals surface area contributed by atoms with Crippen molar-refractivity contribution in [2.75, 3.05) is 39.6 Å². The second-order valence-corrected chi connectivity index (χ2v) is 27.1. The molecule has 3 N–H and O–H groups in total. The highest BCUT2D eigenvalue weighted by Crippen LogP contribution is 2.45. The van der Waals surface area contributed by atoms with Gasteiger partial charge in [0.25, 0.3) is 0 Å². The van der Waals surface area contributed by atoms with Gasteiger partial charge in [-0.25, -0.2) is 9.13 Å². The van der Waals surface area contributed by atoms with Crippen molar-refractivity contribution < 1.29 is 80.2 Å². The van der Waals surface area contributed by atoms with E-state index in [4.69, 9.17) is 37.0 Å². The first-order valence-electron chi connectivity index (χ1n) is 36.5. The molecule has 0 aromatic rings. The molecule has 19 heteroatoms. The van der Waals surface area contributed by atoms with Gasteiger partial charge in [0.2, 0.25) is 0 Å². The number of phosphoric acid groups is 2. The molecule has 0 spiro atoms. The summed E-state index contributed by atoms with van der Waals surface area (Å²) in [6.45, 7) is 4.59. The van der Waals surface area contributed by atoms with Gasteiger partial charge in [0.15, 0.2) is 12.2 Å². The Labute approximate surface area is 569 Å². The lowest BCUT2D eigenvalue weighted by molar-refractivity contribution is -0.161. The van der Waals surface area contributed by atoms with Crippen molar-refractivity contribution in [1.29, 1.82) is 0 Å². The van der Waals surface area contributed by atoms with Crippen LogP contribution in [0.15, 0.2) is 97.2 Å². The Morgan fingerprint density at radius 1 is 0.309 bits per heavy atom. The lowest BCUT2D eigenvalue weighted by Gasteiger charge is -2.21. The van der Waals surface area contributed by atoms with E-state index in [1.807, 2.05) is 18.2 Å². The first-order valence-corrected chi connectivity index (χ1v) is 39.5. The maximum absolute atomic E-state index is 13.0. The van der Waals surface area contributed by atoms with Gasteiger partial charge in [-0.2, -0.15) is 0 Å². The van der Waals surface area contributed by atoms with E-state index >= 15 is 0 Å². The zero-order valence-electron chi connectivity index (χ0n) is 58.9. The maximum Gasteiger partial charge on any atom is 0.472 e. The zero-order chi connectivity index (χ0) is 69.0. The summed E-state index contributed by atoms with van der Waals surface area (Å²) in [5.41, 5.74) is 0. The topological polar surface area (TPSA) is 237 Å². The Bertz CT molecular complexity index is 2170. The predicted molar refractivity (Wildman–Crippen MR) is 381 cm³/mol. The smallest absolute Gasteiger partial charge is 0.462 e. The van der Waals surface area contributed by atoms with Crippen LogP contribution in [-0.4, -0.2) is 96.7 Å². The summed E-state index contributed by atoms with van der Waals surface area (Å²) in [6.07, 6.45) is 68.6. The van der Waals surface area contributed by atoms with Crippen LogP contribution in [0.4, 0.5) is 0 Å². The van der Waals surface area contributed by atoms with Crippen LogP contribution in [0.3, 0.4) is 0 Å². The first kappa shape index (κ1) is 90.0. The number of allylic oxidation sites excluding steroid dienone is 16. The van der Waals surface area contributed by atoms with E-state index in [0.29, 0.717) is 32.1 Å². The number of esters is 4. The van der Waals surface area contributed by atoms with Crippen LogP contribution in [0.5, 0.6) is 0 Å². The molecule has 0 aliphatic heterocycles. The molecular weight excluding hydrogens is 1230 g/mol. The number of aliphatic hydroxyl groups excluding tert-OH is 1. The van der Waals surface area contributed by atoms with Gasteiger partial charge in [-0.15, -0.1) is 0 Å². The Morgan fingerprint density at radius 2 is 0.585 bits per heavy atom. The number of hydrogen-bond acceptors (Lipinski definition) is 15. The summed E-state index contributed by atoms with van der Waals surface area (Å²) in [6, 6.07) is 0. The van der Waals surface area contributed by atoms with Gasteiger partial charge in [0.1, 0.15) is 19.3 Å². The average Bonchev–Trinajstić information content (AvgIpc) is 1.24. The summed E-state index contributed by atoms with van der Waals surface area (Å²) in [4.78, 5) is 72.5. The van der Waals surface area contributed by atoms with E-state index in [2.05, 4.69) is 107 Å². The SMILES string of the molecule is CC/C=C\C/C=C\C/C=C\C/C=C\C/C=C\C/C=C\CCC(=O)OCC(COP(=O)(O)OCC(O)COP(=O)(O)OCC(COC(=O)CCCCCCC/C=C\CCCCCC)OC(=O)CCCCCCC/C=C\CCCC)OC(=O)CCCCCCCCCCCCC. The maximum atomic E-state index is 13.0. The van der Waals surface area contributed by atoms with E-state index in [0.717, 1.165) is 135 Å². The summed E-state index contributed by atoms with van der Waals surface area (Å²) in [5.74, 6) is -2.28. The summed E-state index contributed by atoms with van der Waals surface area (Å²) >= 11 is 0. The van der Waals surface area contributed by atoms with Crippen molar-refractivity contribution in [2.45, 2.75) is 316 Å². The van der Waals surface area contributed by atoms with E-state index < -0.39 is 97.5 Å². The van der Waals surface area contributed by atoms with Crippen molar-refractivity contribution in [3.63, 3.8) is 0 Å². The Kier molecular flexibility index (Phi) is 64.7. The van der Waals surface area contributed by atoms with Crippen LogP contribution in [0.2, 0.25) is 0 Å². The highest BCUT2D eigenvalue weighted by atomic mass is 31.2. The molecule has 0 saturated carbocycles. The number of rotatable bonds is 68. The van der Waals surface area contributed by atoms with Gasteiger partial charge in [-0.1, -0.05) is 260 Å². The molecule has 0 rings (SSSR count). The minimum Gasteiger partial charge on any atom is -0.462 e. The standard InChI is InChI=1S/C75H130O17P2/c1-5-9-13-17-21-25-29-31-32-33-34-35-36-38-42-44-48-52-56-60-73(78)86-66-71(92-75(80)62-58-54-50-46-40-28-24-20-16-12-8-4)68-90-94(83,84)88-64-69(76)63-87-93(81,82)89-67-70(91-74(79)61-57-53-49-45-39-27-23-19-15-11-7-3)65-85-72(77)59-55-51-47-43-41-37-30-26-22-18-14-10-6-2/h9,13,19,21,23,25-26,30-32,34-35,38,42,48,52,69-71,76H,5-8,10-12,14-18,20,22,24,27-29,33,36-37,39-41,43-47,49-51,53-68H2,1-4H3,(H,81,82)(H,83,84)/b13-9-,23-19-,25-21-,30-26-,32-31-,35-34-,42-38-,52-48-. The van der Waals surface area contributed by atoms with Crippen molar-refractivity contribution in [2.24, 2.45) is 0 Å². The van der Waals surface area contributed by atoms with Crippen LogP contribution in [0.25, 0.3) is 0 Å². The van der Waals surface area contributed by atoms with Gasteiger partial charge in [0.05, 0.1) is 26.4 Å². The molecule has 0 aromatic carbocycles. The lowest BCUT2D eigenvalue weighted by atomic mass is 10.1. The van der Waals surface area contributed by atoms with E-state index in [1.54, 1.807) is 0 Å². The molecule has 0 aliphatic rings. The Hall–Kier alpha value is -4.02. The molecule has 0 heterocycles. The number of hydrogen-bond donors (Lipinski definition) is 3. The highest BCUT2D eigenvalue weighted by molar-refractivity contribution is 7.47. The normalized spacial score (nSPS) is 14.6. The second kappa shape index (κ2) is 67.5. The number of carbonyl (C=O) groups is 4. The molecule has 0 bridgehead atoms. The van der Waals surface area contributed by atoms with Crippen LogP contribution < -0.4 is 0 Å². The number of phosphoric ester groups is 2. The van der Waals surface area contributed by atoms with Crippen molar-refractivity contribution in [3.05, 3.63) is 97.2 Å². The van der Waals surface area contributed by atoms with E-state index in [9.17, 15) is 43.2 Å². The minimum atomic E-state index is -4.98. The Balaban J connectivity index is 5.35. The molecule has 0 aromatic heterocycles. The monoisotopic (exact) mass is 1360 g/mol. The van der Waals surface area contributed by atoms with Crippen LogP contribution >= 0.6 is 15.6 Å². The van der Waals surface area contributed by atoms with Gasteiger partial charge >= 0.3 is 39.5 Å². The summed E-state index contributed by atoms with van der Waals surface area (Å²) in [7, 11) is -9.95. The number of carbonyl (C=O) groups excluding carboxylic acids is 4. The number of aliphatic hydroxyl groups is 1. The second-order valence-electron chi connectivity index (χ2n) is 24.2. The van der Waals surface area contributed by atoms with Crippen LogP contribution in [0, 0.1) is 0 Å². The molecule has 0 radical (unpaired) electrons. The fourth-order valence-electron chi connectivity index (χ4n) is 9.46. The Morgan fingerprint density at radius 3 is 0.957 bits per heavy atom. The summed E-state index contributed by atoms with van der Waals surface area (Å²) in [5, 5.41) is 10.6. The minimum absolute atomic E-state index is 0.0375. The molecule has 17 nitrogen and oxygen atoms in total. The fourth-order valence-corrected chi connectivity index (χ4v) is 11.0. The molecule has 5 atom stereocenters. The highest BCUT2D eigenvalue weighted by Gasteiger charge is 2.30. The average molecular weight is 1370 g/mol. The van der Waals surface area contributed by atoms with E-state index in [-0.39, 0.29) is 25.7 Å². The third-order valence-electron chi connectivity index (χ3n) is 15.0. The third-order valence-corrected chi connectivity index (χ3v) is 16.9. The van der Waals surface area contributed by atoms with Crippen LogP contribution in [-0.2, 0) is 65.4 Å². The van der Waals surface area contributed by atoms with Crippen molar-refractivity contribution >= 4 is 39.5 Å². The molecule has 5 unspecified atom stereocenters. The molecule has 0 amide bonds. The third kappa shape index (κ3) is 66.6. The summed E-state index contributed by atoms with van der Waals surface area (Å²) < 4.78 is 68.2. The van der Waals surface area contributed by atoms with Gasteiger partial charge in [-0.05, 0) is 109 Å². The largest absolute Gasteiger partial charge is 0.472 e. The molecule has 542 valence electrons. The first-order chi connectivity index (χ1) is 45.7. The molecule has 0 fully saturated rings. The van der Waals surface area contributed by atoms with Crippen molar-refractivity contribution in [3.8, 4) is 0 Å². The van der Waals surface area contributed by atoms with Gasteiger partial charge in [-0.3, -0.25) is 37.3 Å².